The number of rotatable bonds is 1. The molecule has 1 aliphatic heterocycles. The Hall–Kier alpha value is -0.320. The molecule has 1 fully saturated rings. The molecule has 1 atom stereocenters. The summed E-state index contributed by atoms with van der Waals surface area (Å²) in [6.07, 6.45) is 1.01. The van der Waals surface area contributed by atoms with E-state index in [9.17, 15) is 4.79 Å². The maximum absolute atomic E-state index is 11.0. The van der Waals surface area contributed by atoms with Gasteiger partial charge in [0.15, 0.2) is 0 Å². The number of halogens is 1. The lowest BCUT2D eigenvalue weighted by Gasteiger charge is -2.40. The fraction of sp³-hybridized carbons (Fsp3) is 0.875. The van der Waals surface area contributed by atoms with Crippen LogP contribution in [0.15, 0.2) is 0 Å². The molecular weight excluding hydrogens is 192 g/mol. The SMILES string of the molecule is CC1(C)CC(N)(C(N)=O)CCO1.Cl. The topological polar surface area (TPSA) is 78.3 Å². The highest BCUT2D eigenvalue weighted by Gasteiger charge is 2.42. The number of ether oxygens (including phenoxy) is 1. The van der Waals surface area contributed by atoms with Crippen molar-refractivity contribution >= 4 is 18.3 Å². The van der Waals surface area contributed by atoms with Crippen LogP contribution >= 0.6 is 12.4 Å². The molecule has 5 heteroatoms. The normalized spacial score (nSPS) is 31.9. The minimum absolute atomic E-state index is 0. The van der Waals surface area contributed by atoms with Crippen molar-refractivity contribution in [1.82, 2.24) is 0 Å². The second-order valence-electron chi connectivity index (χ2n) is 4.06. The van der Waals surface area contributed by atoms with Gasteiger partial charge >= 0.3 is 0 Å². The average Bonchev–Trinajstić information content (AvgIpc) is 1.83. The third kappa shape index (κ3) is 2.83. The molecule has 0 radical (unpaired) electrons. The maximum atomic E-state index is 11.0. The molecule has 1 unspecified atom stereocenters. The number of nitrogens with two attached hydrogens (primary N) is 2. The molecule has 0 bridgehead atoms. The molecule has 0 saturated carbocycles. The van der Waals surface area contributed by atoms with E-state index >= 15 is 0 Å². The van der Waals surface area contributed by atoms with Crippen molar-refractivity contribution in [1.29, 1.82) is 0 Å². The van der Waals surface area contributed by atoms with Crippen molar-refractivity contribution in [3.8, 4) is 0 Å². The van der Waals surface area contributed by atoms with Crippen molar-refractivity contribution < 1.29 is 9.53 Å². The summed E-state index contributed by atoms with van der Waals surface area (Å²) in [7, 11) is 0. The summed E-state index contributed by atoms with van der Waals surface area (Å²) in [5.41, 5.74) is 9.82. The van der Waals surface area contributed by atoms with Crippen molar-refractivity contribution in [2.45, 2.75) is 37.8 Å². The molecule has 1 rings (SSSR count). The summed E-state index contributed by atoms with van der Waals surface area (Å²) in [4.78, 5) is 11.0. The molecule has 0 aromatic carbocycles. The van der Waals surface area contributed by atoms with E-state index in [2.05, 4.69) is 0 Å². The van der Waals surface area contributed by atoms with Gasteiger partial charge in [0.05, 0.1) is 5.60 Å². The molecule has 0 aliphatic carbocycles. The second kappa shape index (κ2) is 3.82. The summed E-state index contributed by atoms with van der Waals surface area (Å²) in [5.74, 6) is -0.432. The molecule has 1 saturated heterocycles. The first-order chi connectivity index (χ1) is 5.36. The van der Waals surface area contributed by atoms with Gasteiger partial charge in [-0.3, -0.25) is 4.79 Å². The van der Waals surface area contributed by atoms with Crippen LogP contribution in [0.25, 0.3) is 0 Å². The summed E-state index contributed by atoms with van der Waals surface area (Å²) in [6.45, 7) is 4.33. The monoisotopic (exact) mass is 208 g/mol. The quantitative estimate of drug-likeness (QED) is 0.645. The van der Waals surface area contributed by atoms with Gasteiger partial charge in [0.25, 0.3) is 0 Å². The van der Waals surface area contributed by atoms with E-state index in [0.717, 1.165) is 0 Å². The molecule has 0 aromatic rings. The van der Waals surface area contributed by atoms with Crippen LogP contribution in [0, 0.1) is 0 Å². The first kappa shape index (κ1) is 12.7. The minimum Gasteiger partial charge on any atom is -0.375 e. The first-order valence-electron chi connectivity index (χ1n) is 4.08. The van der Waals surface area contributed by atoms with Gasteiger partial charge < -0.3 is 16.2 Å². The Balaban J connectivity index is 0.00000144. The summed E-state index contributed by atoms with van der Waals surface area (Å²) in [6, 6.07) is 0. The fourth-order valence-corrected chi connectivity index (χ4v) is 1.62. The lowest BCUT2D eigenvalue weighted by molar-refractivity contribution is -0.135. The van der Waals surface area contributed by atoms with Crippen LogP contribution in [0.2, 0.25) is 0 Å². The highest BCUT2D eigenvalue weighted by molar-refractivity contribution is 5.85. The van der Waals surface area contributed by atoms with E-state index in [1.54, 1.807) is 0 Å². The smallest absolute Gasteiger partial charge is 0.237 e. The Bertz CT molecular complexity index is 208. The van der Waals surface area contributed by atoms with E-state index in [-0.39, 0.29) is 18.0 Å². The van der Waals surface area contributed by atoms with Crippen LogP contribution in [0.1, 0.15) is 26.7 Å². The molecule has 1 aliphatic rings. The Morgan fingerprint density at radius 1 is 1.46 bits per heavy atom. The standard InChI is InChI=1S/C8H16N2O2.ClH/c1-7(2)5-8(10,6(9)11)3-4-12-7;/h3-5,10H2,1-2H3,(H2,9,11);1H. The van der Waals surface area contributed by atoms with Gasteiger partial charge in [-0.25, -0.2) is 0 Å². The van der Waals surface area contributed by atoms with Crippen LogP contribution in [-0.2, 0) is 9.53 Å². The van der Waals surface area contributed by atoms with Gasteiger partial charge in [-0.15, -0.1) is 12.4 Å². The molecule has 0 aromatic heterocycles. The van der Waals surface area contributed by atoms with Crippen LogP contribution < -0.4 is 11.5 Å². The number of carbonyl (C=O) groups excluding carboxylic acids is 1. The zero-order chi connectivity index (χ0) is 9.41. The molecule has 1 amide bonds. The number of carbonyl (C=O) groups is 1. The number of hydrogen-bond donors (Lipinski definition) is 2. The summed E-state index contributed by atoms with van der Waals surface area (Å²) < 4.78 is 5.42. The average molecular weight is 209 g/mol. The predicted molar refractivity (Wildman–Crippen MR) is 52.6 cm³/mol. The Kier molecular flexibility index (Phi) is 3.72. The van der Waals surface area contributed by atoms with Gasteiger partial charge in [0.1, 0.15) is 5.54 Å². The van der Waals surface area contributed by atoms with Crippen LogP contribution in [-0.4, -0.2) is 23.7 Å². The predicted octanol–water partition coefficient (Wildman–Crippen LogP) is 0.180. The molecular formula is C8H17ClN2O2. The molecule has 13 heavy (non-hydrogen) atoms. The van der Waals surface area contributed by atoms with Crippen LogP contribution in [0.4, 0.5) is 0 Å². The second-order valence-corrected chi connectivity index (χ2v) is 4.06. The third-order valence-electron chi connectivity index (χ3n) is 2.27. The van der Waals surface area contributed by atoms with Crippen molar-refractivity contribution in [2.24, 2.45) is 11.5 Å². The van der Waals surface area contributed by atoms with Crippen LogP contribution in [0.5, 0.6) is 0 Å². The van der Waals surface area contributed by atoms with E-state index < -0.39 is 11.4 Å². The zero-order valence-corrected chi connectivity index (χ0v) is 8.82. The molecule has 0 spiro atoms. The molecule has 4 N–H and O–H groups in total. The molecule has 4 nitrogen and oxygen atoms in total. The van der Waals surface area contributed by atoms with Gasteiger partial charge in [0.2, 0.25) is 5.91 Å². The Morgan fingerprint density at radius 3 is 2.31 bits per heavy atom. The zero-order valence-electron chi connectivity index (χ0n) is 8.00. The van der Waals surface area contributed by atoms with Crippen molar-refractivity contribution in [3.63, 3.8) is 0 Å². The minimum atomic E-state index is -0.873. The number of primary amides is 1. The lowest BCUT2D eigenvalue weighted by Crippen LogP contribution is -2.59. The van der Waals surface area contributed by atoms with Gasteiger partial charge in [-0.1, -0.05) is 0 Å². The van der Waals surface area contributed by atoms with Gasteiger partial charge in [0, 0.05) is 13.0 Å². The van der Waals surface area contributed by atoms with E-state index in [0.29, 0.717) is 19.4 Å². The fourth-order valence-electron chi connectivity index (χ4n) is 1.62. The number of amides is 1. The summed E-state index contributed by atoms with van der Waals surface area (Å²) in [5, 5.41) is 0. The highest BCUT2D eigenvalue weighted by Crippen LogP contribution is 2.29. The Morgan fingerprint density at radius 2 is 2.00 bits per heavy atom. The maximum Gasteiger partial charge on any atom is 0.237 e. The van der Waals surface area contributed by atoms with E-state index in [1.165, 1.54) is 0 Å². The van der Waals surface area contributed by atoms with Crippen LogP contribution in [0.3, 0.4) is 0 Å². The van der Waals surface area contributed by atoms with E-state index in [1.807, 2.05) is 13.8 Å². The largest absolute Gasteiger partial charge is 0.375 e. The lowest BCUT2D eigenvalue weighted by atomic mass is 9.82. The number of hydrogen-bond acceptors (Lipinski definition) is 3. The van der Waals surface area contributed by atoms with E-state index in [4.69, 9.17) is 16.2 Å². The molecule has 1 heterocycles. The van der Waals surface area contributed by atoms with Crippen molar-refractivity contribution in [2.75, 3.05) is 6.61 Å². The van der Waals surface area contributed by atoms with Gasteiger partial charge in [-0.2, -0.15) is 0 Å². The molecule has 78 valence electrons. The Labute approximate surface area is 84.4 Å². The summed E-state index contributed by atoms with van der Waals surface area (Å²) >= 11 is 0. The van der Waals surface area contributed by atoms with Crippen molar-refractivity contribution in [3.05, 3.63) is 0 Å². The first-order valence-corrected chi connectivity index (χ1v) is 4.08. The third-order valence-corrected chi connectivity index (χ3v) is 2.27. The highest BCUT2D eigenvalue weighted by atomic mass is 35.5. The van der Waals surface area contributed by atoms with Gasteiger partial charge in [-0.05, 0) is 20.3 Å².